The molecule has 26 heavy (non-hydrogen) atoms. The van der Waals surface area contributed by atoms with E-state index in [4.69, 9.17) is 5.73 Å². The van der Waals surface area contributed by atoms with Gasteiger partial charge in [0.05, 0.1) is 0 Å². The van der Waals surface area contributed by atoms with Crippen LogP contribution in [0.4, 0.5) is 10.3 Å². The number of amides is 1. The molecule has 0 aliphatic carbocycles. The van der Waals surface area contributed by atoms with Crippen molar-refractivity contribution in [3.63, 3.8) is 0 Å². The molecule has 136 valence electrons. The lowest BCUT2D eigenvalue weighted by atomic mass is 10.1. The maximum Gasteiger partial charge on any atom is 0.254 e. The van der Waals surface area contributed by atoms with Gasteiger partial charge >= 0.3 is 0 Å². The molecule has 0 saturated heterocycles. The van der Waals surface area contributed by atoms with E-state index in [0.717, 1.165) is 17.0 Å². The molecule has 1 amide bonds. The molecule has 3 N–H and O–H groups in total. The van der Waals surface area contributed by atoms with Gasteiger partial charge in [0.2, 0.25) is 11.9 Å². The summed E-state index contributed by atoms with van der Waals surface area (Å²) in [4.78, 5) is 20.5. The van der Waals surface area contributed by atoms with Crippen LogP contribution in [0.3, 0.4) is 0 Å². The van der Waals surface area contributed by atoms with Crippen LogP contribution in [-0.4, -0.2) is 32.0 Å². The van der Waals surface area contributed by atoms with E-state index < -0.39 is 0 Å². The maximum atomic E-state index is 13.6. The predicted molar refractivity (Wildman–Crippen MR) is 96.1 cm³/mol. The number of aromatic nitrogens is 4. The first-order valence-corrected chi connectivity index (χ1v) is 8.44. The summed E-state index contributed by atoms with van der Waals surface area (Å²) in [5.41, 5.74) is 8.85. The van der Waals surface area contributed by atoms with Gasteiger partial charge in [-0.1, -0.05) is 18.2 Å². The lowest BCUT2D eigenvalue weighted by Crippen LogP contribution is -2.26. The van der Waals surface area contributed by atoms with Crippen LogP contribution >= 0.6 is 0 Å². The van der Waals surface area contributed by atoms with Gasteiger partial charge in [0.1, 0.15) is 5.82 Å². The molecule has 7 nitrogen and oxygen atoms in total. The molecule has 2 heterocycles. The number of nitrogens with one attached hydrogen (secondary N) is 1. The summed E-state index contributed by atoms with van der Waals surface area (Å²) in [7, 11) is 0. The SMILES string of the molecule is Cc1nc2nc(N)nn2c(C)c1CCC(=O)NCCc1ccccc1F. The monoisotopic (exact) mass is 356 g/mol. The number of halogens is 1. The number of hydrogen-bond donors (Lipinski definition) is 2. The highest BCUT2D eigenvalue weighted by Crippen LogP contribution is 2.16. The Kier molecular flexibility index (Phi) is 5.11. The van der Waals surface area contributed by atoms with Crippen molar-refractivity contribution in [2.24, 2.45) is 0 Å². The van der Waals surface area contributed by atoms with Gasteiger partial charge in [-0.25, -0.2) is 9.37 Å². The summed E-state index contributed by atoms with van der Waals surface area (Å²) in [6.45, 7) is 4.18. The zero-order valence-corrected chi connectivity index (χ0v) is 14.8. The van der Waals surface area contributed by atoms with Crippen LogP contribution < -0.4 is 11.1 Å². The lowest BCUT2D eigenvalue weighted by Gasteiger charge is -2.10. The predicted octanol–water partition coefficient (Wildman–Crippen LogP) is 1.75. The van der Waals surface area contributed by atoms with E-state index in [-0.39, 0.29) is 17.7 Å². The zero-order chi connectivity index (χ0) is 18.7. The van der Waals surface area contributed by atoms with Crippen molar-refractivity contribution >= 4 is 17.6 Å². The summed E-state index contributed by atoms with van der Waals surface area (Å²) in [5.74, 6) is 0.288. The van der Waals surface area contributed by atoms with Gasteiger partial charge in [-0.05, 0) is 43.9 Å². The number of carbonyl (C=O) groups excluding carboxylic acids is 1. The highest BCUT2D eigenvalue weighted by atomic mass is 19.1. The van der Waals surface area contributed by atoms with Gasteiger partial charge in [-0.15, -0.1) is 5.10 Å². The topological polar surface area (TPSA) is 98.2 Å². The molecule has 0 spiro atoms. The summed E-state index contributed by atoms with van der Waals surface area (Å²) in [5, 5.41) is 6.95. The van der Waals surface area contributed by atoms with Crippen molar-refractivity contribution in [2.75, 3.05) is 12.3 Å². The molecular formula is C18H21FN6O. The Balaban J connectivity index is 1.58. The smallest absolute Gasteiger partial charge is 0.254 e. The summed E-state index contributed by atoms with van der Waals surface area (Å²) in [6, 6.07) is 6.57. The summed E-state index contributed by atoms with van der Waals surface area (Å²) >= 11 is 0. The van der Waals surface area contributed by atoms with E-state index in [2.05, 4.69) is 20.4 Å². The van der Waals surface area contributed by atoms with Gasteiger partial charge < -0.3 is 11.1 Å². The Morgan fingerprint density at radius 3 is 2.77 bits per heavy atom. The molecular weight excluding hydrogens is 335 g/mol. The molecule has 0 aliphatic rings. The van der Waals surface area contributed by atoms with Gasteiger partial charge in [0.15, 0.2) is 0 Å². The second-order valence-electron chi connectivity index (χ2n) is 6.13. The van der Waals surface area contributed by atoms with Crippen LogP contribution in [0.1, 0.15) is 28.9 Å². The molecule has 2 aromatic heterocycles. The number of rotatable bonds is 6. The Hall–Kier alpha value is -3.03. The average molecular weight is 356 g/mol. The minimum atomic E-state index is -0.250. The second-order valence-corrected chi connectivity index (χ2v) is 6.13. The van der Waals surface area contributed by atoms with E-state index in [1.54, 1.807) is 22.7 Å². The first-order valence-electron chi connectivity index (χ1n) is 8.44. The molecule has 0 atom stereocenters. The van der Waals surface area contributed by atoms with Crippen LogP contribution in [0.25, 0.3) is 5.78 Å². The Bertz CT molecular complexity index is 952. The molecule has 1 aromatic carbocycles. The zero-order valence-electron chi connectivity index (χ0n) is 14.8. The van der Waals surface area contributed by atoms with Gasteiger partial charge in [0, 0.05) is 24.4 Å². The normalized spacial score (nSPS) is 11.0. The van der Waals surface area contributed by atoms with E-state index in [1.165, 1.54) is 6.07 Å². The van der Waals surface area contributed by atoms with E-state index >= 15 is 0 Å². The molecule has 8 heteroatoms. The van der Waals surface area contributed by atoms with Crippen molar-refractivity contribution in [1.82, 2.24) is 24.9 Å². The molecule has 0 fully saturated rings. The van der Waals surface area contributed by atoms with Crippen molar-refractivity contribution in [2.45, 2.75) is 33.1 Å². The largest absolute Gasteiger partial charge is 0.366 e. The molecule has 0 saturated carbocycles. The number of carbonyl (C=O) groups is 1. The fourth-order valence-corrected chi connectivity index (χ4v) is 2.95. The highest BCUT2D eigenvalue weighted by molar-refractivity contribution is 5.76. The number of nitrogens with two attached hydrogens (primary N) is 1. The highest BCUT2D eigenvalue weighted by Gasteiger charge is 2.13. The van der Waals surface area contributed by atoms with Crippen molar-refractivity contribution in [3.05, 3.63) is 52.6 Å². The third-order valence-electron chi connectivity index (χ3n) is 4.34. The van der Waals surface area contributed by atoms with Crippen molar-refractivity contribution in [3.8, 4) is 0 Å². The number of aryl methyl sites for hydroxylation is 2. The van der Waals surface area contributed by atoms with Crippen LogP contribution in [0.2, 0.25) is 0 Å². The first kappa shape index (κ1) is 17.8. The standard InChI is InChI=1S/C18H21FN6O/c1-11-14(12(2)25-18(22-11)23-17(20)24-25)7-8-16(26)21-10-9-13-5-3-4-6-15(13)19/h3-6H,7-10H2,1-2H3,(H2,20,24)(H,21,26). The molecule has 0 bridgehead atoms. The molecule has 0 radical (unpaired) electrons. The minimum absolute atomic E-state index is 0.0849. The van der Waals surface area contributed by atoms with Gasteiger partial charge in [-0.2, -0.15) is 9.50 Å². The number of nitrogens with zero attached hydrogens (tertiary/aromatic N) is 4. The summed E-state index contributed by atoms with van der Waals surface area (Å²) in [6.07, 6.45) is 1.31. The third kappa shape index (κ3) is 3.79. The number of anilines is 1. The fourth-order valence-electron chi connectivity index (χ4n) is 2.95. The number of benzene rings is 1. The van der Waals surface area contributed by atoms with Crippen molar-refractivity contribution < 1.29 is 9.18 Å². The Morgan fingerprint density at radius 1 is 1.23 bits per heavy atom. The quantitative estimate of drug-likeness (QED) is 0.701. The maximum absolute atomic E-state index is 13.6. The van der Waals surface area contributed by atoms with E-state index in [0.29, 0.717) is 37.1 Å². The van der Waals surface area contributed by atoms with E-state index in [1.807, 2.05) is 13.8 Å². The van der Waals surface area contributed by atoms with Gasteiger partial charge in [-0.3, -0.25) is 4.79 Å². The number of nitrogen functional groups attached to an aromatic ring is 1. The van der Waals surface area contributed by atoms with Crippen LogP contribution in [-0.2, 0) is 17.6 Å². The molecule has 0 unspecified atom stereocenters. The third-order valence-corrected chi connectivity index (χ3v) is 4.34. The molecule has 3 aromatic rings. The lowest BCUT2D eigenvalue weighted by molar-refractivity contribution is -0.121. The van der Waals surface area contributed by atoms with Crippen LogP contribution in [0, 0.1) is 19.7 Å². The first-order chi connectivity index (χ1) is 12.5. The molecule has 3 rings (SSSR count). The number of fused-ring (bicyclic) bond motifs is 1. The number of hydrogen-bond acceptors (Lipinski definition) is 5. The minimum Gasteiger partial charge on any atom is -0.366 e. The summed E-state index contributed by atoms with van der Waals surface area (Å²) < 4.78 is 15.2. The van der Waals surface area contributed by atoms with E-state index in [9.17, 15) is 9.18 Å². The van der Waals surface area contributed by atoms with Gasteiger partial charge in [0.25, 0.3) is 5.78 Å². The van der Waals surface area contributed by atoms with Crippen LogP contribution in [0.5, 0.6) is 0 Å². The Labute approximate surface area is 150 Å². The van der Waals surface area contributed by atoms with Crippen molar-refractivity contribution in [1.29, 1.82) is 0 Å². The average Bonchev–Trinajstić information content (AvgIpc) is 2.97. The molecule has 0 aliphatic heterocycles. The van der Waals surface area contributed by atoms with Crippen LogP contribution in [0.15, 0.2) is 24.3 Å². The fraction of sp³-hybridized carbons (Fsp3) is 0.333. The second kappa shape index (κ2) is 7.47. The Morgan fingerprint density at radius 2 is 2.00 bits per heavy atom.